The zero-order valence-corrected chi connectivity index (χ0v) is 12.7. The Labute approximate surface area is 126 Å². The highest BCUT2D eigenvalue weighted by atomic mass is 79.9. The van der Waals surface area contributed by atoms with Gasteiger partial charge in [-0.05, 0) is 77.1 Å². The minimum absolute atomic E-state index is 0.0215. The maximum atomic E-state index is 12.2. The molecule has 1 N–H and O–H groups in total. The summed E-state index contributed by atoms with van der Waals surface area (Å²) in [6.45, 7) is 0. The first-order chi connectivity index (χ1) is 9.15. The van der Waals surface area contributed by atoms with Crippen molar-refractivity contribution in [1.29, 1.82) is 0 Å². The van der Waals surface area contributed by atoms with Gasteiger partial charge in [0.2, 0.25) is 0 Å². The van der Waals surface area contributed by atoms with E-state index < -0.39 is 0 Å². The first-order valence-electron chi connectivity index (χ1n) is 6.91. The third-order valence-corrected chi connectivity index (χ3v) is 6.45. The van der Waals surface area contributed by atoms with Crippen LogP contribution in [0.5, 0.6) is 0 Å². The van der Waals surface area contributed by atoms with E-state index >= 15 is 0 Å². The van der Waals surface area contributed by atoms with E-state index in [1.165, 1.54) is 19.3 Å². The lowest BCUT2D eigenvalue weighted by Crippen LogP contribution is -2.29. The maximum Gasteiger partial charge on any atom is 0.251 e. The van der Waals surface area contributed by atoms with Gasteiger partial charge in [-0.15, -0.1) is 0 Å². The van der Waals surface area contributed by atoms with E-state index in [9.17, 15) is 4.79 Å². The standard InChI is InChI=1S/C15H15BrClNO/c16-10-4-3-9(6-11(10)17)15(19)18-14-12-7-1-2-8(5-7)13(12)14/h3-4,6-8,12-14H,1-2,5H2,(H,18,19). The Hall–Kier alpha value is -0.540. The van der Waals surface area contributed by atoms with E-state index in [2.05, 4.69) is 21.2 Å². The number of benzene rings is 1. The van der Waals surface area contributed by atoms with Gasteiger partial charge in [-0.3, -0.25) is 4.79 Å². The highest BCUT2D eigenvalue weighted by molar-refractivity contribution is 9.10. The fraction of sp³-hybridized carbons (Fsp3) is 0.533. The van der Waals surface area contributed by atoms with E-state index in [0.29, 0.717) is 16.6 Å². The van der Waals surface area contributed by atoms with Crippen molar-refractivity contribution >= 4 is 33.4 Å². The molecule has 0 heterocycles. The van der Waals surface area contributed by atoms with Gasteiger partial charge in [0.15, 0.2) is 0 Å². The van der Waals surface area contributed by atoms with Crippen molar-refractivity contribution in [3.05, 3.63) is 33.3 Å². The van der Waals surface area contributed by atoms with Gasteiger partial charge in [0, 0.05) is 16.1 Å². The summed E-state index contributed by atoms with van der Waals surface area (Å²) in [7, 11) is 0. The number of carbonyl (C=O) groups excluding carboxylic acids is 1. The van der Waals surface area contributed by atoms with Gasteiger partial charge in [0.1, 0.15) is 0 Å². The Morgan fingerprint density at radius 1 is 1.26 bits per heavy atom. The average molecular weight is 341 g/mol. The number of rotatable bonds is 2. The number of carbonyl (C=O) groups is 1. The second kappa shape index (κ2) is 4.23. The Kier molecular flexibility index (Phi) is 2.72. The van der Waals surface area contributed by atoms with Crippen molar-refractivity contribution in [2.24, 2.45) is 23.7 Å². The topological polar surface area (TPSA) is 29.1 Å². The molecule has 4 atom stereocenters. The van der Waals surface area contributed by atoms with Crippen molar-refractivity contribution in [3.8, 4) is 0 Å². The van der Waals surface area contributed by atoms with Gasteiger partial charge in [-0.25, -0.2) is 0 Å². The molecule has 1 aromatic rings. The first-order valence-corrected chi connectivity index (χ1v) is 8.08. The molecule has 3 aliphatic rings. The number of nitrogens with one attached hydrogen (secondary N) is 1. The van der Waals surface area contributed by atoms with Crippen molar-refractivity contribution < 1.29 is 4.79 Å². The van der Waals surface area contributed by atoms with E-state index in [0.717, 1.165) is 28.1 Å². The van der Waals surface area contributed by atoms with E-state index in [1.54, 1.807) is 6.07 Å². The Morgan fingerprint density at radius 2 is 1.95 bits per heavy atom. The summed E-state index contributed by atoms with van der Waals surface area (Å²) in [5.74, 6) is 3.33. The molecule has 4 rings (SSSR count). The van der Waals surface area contributed by atoms with E-state index in [-0.39, 0.29) is 5.91 Å². The predicted octanol–water partition coefficient (Wildman–Crippen LogP) is 3.88. The predicted molar refractivity (Wildman–Crippen MR) is 78.2 cm³/mol. The monoisotopic (exact) mass is 339 g/mol. The minimum atomic E-state index is 0.0215. The zero-order chi connectivity index (χ0) is 13.1. The van der Waals surface area contributed by atoms with Crippen LogP contribution in [0.2, 0.25) is 5.02 Å². The molecule has 4 heteroatoms. The fourth-order valence-corrected chi connectivity index (χ4v) is 4.82. The van der Waals surface area contributed by atoms with Crippen LogP contribution < -0.4 is 5.32 Å². The molecule has 1 amide bonds. The van der Waals surface area contributed by atoms with Gasteiger partial charge in [-0.1, -0.05) is 11.6 Å². The number of fused-ring (bicyclic) bond motifs is 5. The highest BCUT2D eigenvalue weighted by Crippen LogP contribution is 2.65. The molecule has 1 aromatic carbocycles. The second-order valence-corrected chi connectivity index (χ2v) is 7.38. The SMILES string of the molecule is O=C(NC1C2C3CCC(C3)C12)c1ccc(Br)c(Cl)c1. The number of hydrogen-bond donors (Lipinski definition) is 1. The summed E-state index contributed by atoms with van der Waals surface area (Å²) in [6.07, 6.45) is 4.16. The second-order valence-electron chi connectivity index (χ2n) is 6.12. The molecule has 4 unspecified atom stereocenters. The van der Waals surface area contributed by atoms with Crippen molar-refractivity contribution in [1.82, 2.24) is 5.32 Å². The molecule has 100 valence electrons. The lowest BCUT2D eigenvalue weighted by atomic mass is 10.0. The largest absolute Gasteiger partial charge is 0.349 e. The smallest absolute Gasteiger partial charge is 0.251 e. The Morgan fingerprint density at radius 3 is 2.58 bits per heavy atom. The molecule has 0 aromatic heterocycles. The molecule has 2 bridgehead atoms. The molecule has 0 radical (unpaired) electrons. The van der Waals surface area contributed by atoms with Crippen LogP contribution in [0.4, 0.5) is 0 Å². The quantitative estimate of drug-likeness (QED) is 0.870. The van der Waals surface area contributed by atoms with Crippen molar-refractivity contribution in [3.63, 3.8) is 0 Å². The molecular weight excluding hydrogens is 326 g/mol. The minimum Gasteiger partial charge on any atom is -0.349 e. The molecule has 0 saturated heterocycles. The van der Waals surface area contributed by atoms with Gasteiger partial charge < -0.3 is 5.32 Å². The lowest BCUT2D eigenvalue weighted by molar-refractivity contribution is 0.0944. The van der Waals surface area contributed by atoms with Crippen LogP contribution >= 0.6 is 27.5 Å². The van der Waals surface area contributed by atoms with Gasteiger partial charge in [-0.2, -0.15) is 0 Å². The summed E-state index contributed by atoms with van der Waals surface area (Å²) in [5, 5.41) is 3.79. The first kappa shape index (κ1) is 12.2. The molecule has 3 fully saturated rings. The van der Waals surface area contributed by atoms with Crippen LogP contribution in [0.25, 0.3) is 0 Å². The van der Waals surface area contributed by atoms with Crippen LogP contribution in [0, 0.1) is 23.7 Å². The molecule has 3 saturated carbocycles. The van der Waals surface area contributed by atoms with E-state index in [1.807, 2.05) is 12.1 Å². The Bertz CT molecular complexity index is 545. The molecular formula is C15H15BrClNO. The molecule has 0 spiro atoms. The average Bonchev–Trinajstić information content (AvgIpc) is 2.81. The van der Waals surface area contributed by atoms with Crippen molar-refractivity contribution in [2.45, 2.75) is 25.3 Å². The van der Waals surface area contributed by atoms with Crippen LogP contribution in [-0.4, -0.2) is 11.9 Å². The number of hydrogen-bond acceptors (Lipinski definition) is 1. The summed E-state index contributed by atoms with van der Waals surface area (Å²) in [6, 6.07) is 5.81. The molecule has 19 heavy (non-hydrogen) atoms. The van der Waals surface area contributed by atoms with Crippen molar-refractivity contribution in [2.75, 3.05) is 0 Å². The van der Waals surface area contributed by atoms with Gasteiger partial charge >= 0.3 is 0 Å². The van der Waals surface area contributed by atoms with Crippen LogP contribution in [0.3, 0.4) is 0 Å². The summed E-state index contributed by atoms with van der Waals surface area (Å²) >= 11 is 9.38. The third-order valence-electron chi connectivity index (χ3n) is 5.21. The van der Waals surface area contributed by atoms with Gasteiger partial charge in [0.25, 0.3) is 5.91 Å². The summed E-state index contributed by atoms with van der Waals surface area (Å²) in [4.78, 5) is 12.2. The fourth-order valence-electron chi connectivity index (χ4n) is 4.39. The van der Waals surface area contributed by atoms with Crippen LogP contribution in [0.15, 0.2) is 22.7 Å². The van der Waals surface area contributed by atoms with Crippen LogP contribution in [0.1, 0.15) is 29.6 Å². The molecule has 2 nitrogen and oxygen atoms in total. The summed E-state index contributed by atoms with van der Waals surface area (Å²) < 4.78 is 0.826. The van der Waals surface area contributed by atoms with Crippen LogP contribution in [-0.2, 0) is 0 Å². The number of amides is 1. The zero-order valence-electron chi connectivity index (χ0n) is 10.4. The number of halogens is 2. The maximum absolute atomic E-state index is 12.2. The van der Waals surface area contributed by atoms with Gasteiger partial charge in [0.05, 0.1) is 5.02 Å². The summed E-state index contributed by atoms with van der Waals surface area (Å²) in [5.41, 5.74) is 0.658. The molecule has 3 aliphatic carbocycles. The highest BCUT2D eigenvalue weighted by Gasteiger charge is 2.65. The normalized spacial score (nSPS) is 38.1. The Balaban J connectivity index is 1.46. The third kappa shape index (κ3) is 1.85. The van der Waals surface area contributed by atoms with E-state index in [4.69, 9.17) is 11.6 Å². The molecule has 0 aliphatic heterocycles. The lowest BCUT2D eigenvalue weighted by Gasteiger charge is -2.11.